The third kappa shape index (κ3) is 8.72. The first-order chi connectivity index (χ1) is 33.3. The molecule has 7 nitrogen and oxygen atoms in total. The second kappa shape index (κ2) is 20.6. The summed E-state index contributed by atoms with van der Waals surface area (Å²) in [5.41, 5.74) is 13.7. The molecule has 0 amide bonds. The summed E-state index contributed by atoms with van der Waals surface area (Å²) in [4.78, 5) is 10.9. The molecule has 0 bridgehead atoms. The van der Waals surface area contributed by atoms with E-state index in [1.165, 1.54) is 0 Å². The zero-order valence-corrected chi connectivity index (χ0v) is 40.6. The summed E-state index contributed by atoms with van der Waals surface area (Å²) in [6.45, 7) is 4.40. The Balaban J connectivity index is 0.00000163. The molecule has 0 aliphatic heterocycles. The van der Waals surface area contributed by atoms with Crippen LogP contribution in [0.1, 0.15) is 50.7 Å². The predicted molar refractivity (Wildman–Crippen MR) is 283 cm³/mol. The van der Waals surface area contributed by atoms with Crippen LogP contribution < -0.4 is 0 Å². The summed E-state index contributed by atoms with van der Waals surface area (Å²) >= 11 is 0. The van der Waals surface area contributed by atoms with E-state index in [0.29, 0.717) is 11.1 Å². The van der Waals surface area contributed by atoms with Gasteiger partial charge in [0.15, 0.2) is 0 Å². The summed E-state index contributed by atoms with van der Waals surface area (Å²) in [5.74, 6) is 0.403. The second-order valence-electron chi connectivity index (χ2n) is 18.2. The quantitative estimate of drug-likeness (QED) is 0.0889. The van der Waals surface area contributed by atoms with Gasteiger partial charge < -0.3 is 15.7 Å². The third-order valence-electron chi connectivity index (χ3n) is 14.3. The van der Waals surface area contributed by atoms with Gasteiger partial charge >= 0.3 is 29.7 Å². The largest absolute Gasteiger partial charge is 3.00 e. The third-order valence-corrected chi connectivity index (χ3v) is 14.3. The van der Waals surface area contributed by atoms with E-state index in [9.17, 15) is 10.2 Å². The van der Waals surface area contributed by atoms with E-state index in [4.69, 9.17) is 20.2 Å². The van der Waals surface area contributed by atoms with Crippen molar-refractivity contribution in [2.45, 2.75) is 50.6 Å². The molecular weight excluding hydrogens is 952 g/mol. The van der Waals surface area contributed by atoms with Crippen LogP contribution in [0.2, 0.25) is 0 Å². The van der Waals surface area contributed by atoms with Crippen molar-refractivity contribution < 1.29 is 39.9 Å². The summed E-state index contributed by atoms with van der Waals surface area (Å²) in [6, 6.07) is 67.1. The van der Waals surface area contributed by atoms with Crippen molar-refractivity contribution in [1.29, 1.82) is 5.46 Å². The van der Waals surface area contributed by atoms with Crippen molar-refractivity contribution in [1.82, 2.24) is 0 Å². The molecule has 1 aliphatic rings. The van der Waals surface area contributed by atoms with Crippen molar-refractivity contribution in [2.24, 2.45) is 9.98 Å². The fourth-order valence-corrected chi connectivity index (χ4v) is 10.5. The zero-order chi connectivity index (χ0) is 46.8. The Kier molecular flexibility index (Phi) is 14.4. The number of fused-ring (bicyclic) bond motifs is 4. The SMILES string of the molecule is C[C@@]1(N=Cc2cc3ccccc3c(-c3c(-c4ccccc4)ccc4ccccc34)c2O)CCCC[C@@]1(C)N=Cc1cc2ccccc2c(-c2c(-c3ccccc3)ccc3ccccc23)c1O.N#[O+].[OH-].[Ru+3]. The van der Waals surface area contributed by atoms with Gasteiger partial charge in [-0.1, -0.05) is 195 Å². The van der Waals surface area contributed by atoms with Crippen LogP contribution >= 0.6 is 0 Å². The zero-order valence-electron chi connectivity index (χ0n) is 38.9. The van der Waals surface area contributed by atoms with E-state index in [2.05, 4.69) is 184 Å². The van der Waals surface area contributed by atoms with Gasteiger partial charge in [0.05, 0.1) is 11.1 Å². The Hall–Kier alpha value is -7.57. The minimum atomic E-state index is -0.611. The first-order valence-corrected chi connectivity index (χ1v) is 23.2. The molecule has 0 aromatic heterocycles. The maximum absolute atomic E-state index is 12.6. The normalized spacial score (nSPS) is 16.7. The molecule has 0 heterocycles. The Labute approximate surface area is 420 Å². The topological polar surface area (TPSA) is 139 Å². The molecule has 343 valence electrons. The van der Waals surface area contributed by atoms with Crippen molar-refractivity contribution >= 4 is 55.5 Å². The maximum atomic E-state index is 12.6. The van der Waals surface area contributed by atoms with Crippen LogP contribution in [0.3, 0.4) is 0 Å². The number of nitrogens with zero attached hydrogens (tertiary/aromatic N) is 3. The molecule has 0 saturated heterocycles. The number of aliphatic imine (C=N–C) groups is 2. The van der Waals surface area contributed by atoms with E-state index in [1.54, 1.807) is 0 Å². The van der Waals surface area contributed by atoms with Gasteiger partial charge in [0, 0.05) is 45.8 Å². The van der Waals surface area contributed by atoms with Crippen LogP contribution in [0, 0.1) is 5.46 Å². The predicted octanol–water partition coefficient (Wildman–Crippen LogP) is 15.7. The number of benzene rings is 10. The van der Waals surface area contributed by atoms with Crippen LogP contribution in [0.15, 0.2) is 204 Å². The van der Waals surface area contributed by atoms with Crippen LogP contribution in [0.25, 0.3) is 87.6 Å². The molecule has 1 radical (unpaired) electrons. The van der Waals surface area contributed by atoms with Crippen LogP contribution in [0.4, 0.5) is 0 Å². The van der Waals surface area contributed by atoms with Gasteiger partial charge in [0.2, 0.25) is 0 Å². The molecule has 0 unspecified atom stereocenters. The second-order valence-corrected chi connectivity index (χ2v) is 18.2. The number of hydrogen-bond donors (Lipinski definition) is 2. The van der Waals surface area contributed by atoms with Gasteiger partial charge in [0.1, 0.15) is 11.5 Å². The minimum Gasteiger partial charge on any atom is -0.870 e. The molecule has 1 saturated carbocycles. The number of phenols is 2. The van der Waals surface area contributed by atoms with Gasteiger partial charge in [-0.2, -0.15) is 0 Å². The average Bonchev–Trinajstić information content (AvgIpc) is 3.39. The smallest absolute Gasteiger partial charge is 0.870 e. The van der Waals surface area contributed by atoms with E-state index in [0.717, 1.165) is 113 Å². The maximum Gasteiger partial charge on any atom is 3.00 e. The Morgan fingerprint density at radius 2 is 0.743 bits per heavy atom. The monoisotopic (exact) mass is 1000 g/mol. The number of aromatic hydroxyl groups is 2. The standard InChI is InChI=1S/C62H50N2O2.NO.H2O.Ru/c1-61(63-39-47-37-45-25-11-15-29-51(45)57(59(47)65)55-49-27-13-9-23-43(49)31-33-53(55)41-19-5-3-6-20-41)35-17-18-36-62(61,2)64-40-48-38-46-26-12-16-30-52(46)58(60(48)66)56-50-28-14-10-24-44(50)32-34-54(56)42-21-7-4-8-22-42;1-2;;/h3-16,19-34,37-40,65-66H,17-18,35-36H2,1-2H3;;1H2;/q;+1;;+3/p-1/t61-,62-;;;/m1.../s1. The van der Waals surface area contributed by atoms with Gasteiger partial charge in [-0.3, -0.25) is 9.98 Å². The van der Waals surface area contributed by atoms with Crippen LogP contribution in [0.5, 0.6) is 11.5 Å². The van der Waals surface area contributed by atoms with E-state index < -0.39 is 11.1 Å². The van der Waals surface area contributed by atoms with E-state index >= 15 is 0 Å². The number of phenolic OH excluding ortho intramolecular Hbond substituents is 2. The first kappa shape index (κ1) is 48.9. The molecule has 1 fully saturated rings. The molecule has 10 aromatic carbocycles. The fraction of sp³-hybridized carbons (Fsp3) is 0.129. The minimum absolute atomic E-state index is 0. The molecule has 0 spiro atoms. The molecule has 1 aliphatic carbocycles. The van der Waals surface area contributed by atoms with Gasteiger partial charge in [-0.15, -0.1) is 0 Å². The van der Waals surface area contributed by atoms with Gasteiger partial charge in [-0.25, -0.2) is 0 Å². The molecule has 70 heavy (non-hydrogen) atoms. The summed E-state index contributed by atoms with van der Waals surface area (Å²) < 4.78 is 7.25. The molecular formula is C62H51N3O4Ru+3. The van der Waals surface area contributed by atoms with Crippen molar-refractivity contribution in [3.63, 3.8) is 0 Å². The molecule has 8 heteroatoms. The van der Waals surface area contributed by atoms with E-state index in [1.807, 2.05) is 36.7 Å². The Morgan fingerprint density at radius 1 is 0.429 bits per heavy atom. The number of hydrogen-bond acceptors (Lipinski definition) is 6. The molecule has 11 rings (SSSR count). The van der Waals surface area contributed by atoms with Gasteiger partial charge in [0.25, 0.3) is 0 Å². The van der Waals surface area contributed by atoms with Crippen LogP contribution in [-0.4, -0.2) is 39.2 Å². The summed E-state index contributed by atoms with van der Waals surface area (Å²) in [6.07, 6.45) is 7.44. The fourth-order valence-electron chi connectivity index (χ4n) is 10.5. The Morgan fingerprint density at radius 3 is 1.11 bits per heavy atom. The van der Waals surface area contributed by atoms with Crippen molar-refractivity contribution in [3.8, 4) is 56.0 Å². The first-order valence-electron chi connectivity index (χ1n) is 23.2. The van der Waals surface area contributed by atoms with Crippen LogP contribution in [-0.2, 0) is 24.3 Å². The van der Waals surface area contributed by atoms with E-state index in [-0.39, 0.29) is 36.5 Å². The summed E-state index contributed by atoms with van der Waals surface area (Å²) in [5, 5.41) is 33.6. The van der Waals surface area contributed by atoms with Crippen molar-refractivity contribution in [2.75, 3.05) is 0 Å². The Bertz CT molecular complexity index is 3380. The molecule has 10 aromatic rings. The summed E-state index contributed by atoms with van der Waals surface area (Å²) in [7, 11) is 0. The average molecular weight is 1000 g/mol. The molecule has 2 atom stereocenters. The van der Waals surface area contributed by atoms with Gasteiger partial charge in [-0.05, 0) is 104 Å². The number of rotatable bonds is 8. The molecule has 3 N–H and O–H groups in total. The van der Waals surface area contributed by atoms with Crippen molar-refractivity contribution in [3.05, 3.63) is 205 Å².